The first-order valence-electron chi connectivity index (χ1n) is 5.98. The molecule has 1 aromatic rings. The van der Waals surface area contributed by atoms with Gasteiger partial charge >= 0.3 is 0 Å². The number of hydrogen-bond donors (Lipinski definition) is 0. The molecule has 0 aliphatic heterocycles. The standard InChI is InChI=1S/C13H21N3O/c1-6-16(7-2)13(17)9-8-12-10(3)14-15(5)11(12)4/h8-9H,6-7H2,1-5H3/b9-8-. The van der Waals surface area contributed by atoms with Gasteiger partial charge in [0.1, 0.15) is 0 Å². The van der Waals surface area contributed by atoms with Gasteiger partial charge in [-0.05, 0) is 33.8 Å². The van der Waals surface area contributed by atoms with Gasteiger partial charge in [0, 0.05) is 37.5 Å². The number of likely N-dealkylation sites (N-methyl/N-ethyl adjacent to an activating group) is 1. The summed E-state index contributed by atoms with van der Waals surface area (Å²) in [6.45, 7) is 9.40. The van der Waals surface area contributed by atoms with Crippen LogP contribution in [0.4, 0.5) is 0 Å². The minimum absolute atomic E-state index is 0.0534. The van der Waals surface area contributed by atoms with Crippen LogP contribution in [-0.2, 0) is 11.8 Å². The molecule has 1 rings (SSSR count). The van der Waals surface area contributed by atoms with Crippen molar-refractivity contribution in [3.05, 3.63) is 23.0 Å². The Kier molecular flexibility index (Phi) is 4.49. The SMILES string of the molecule is CCN(CC)C(=O)/C=C\c1c(C)nn(C)c1C. The van der Waals surface area contributed by atoms with Crippen LogP contribution in [0.2, 0.25) is 0 Å². The predicted octanol–water partition coefficient (Wildman–Crippen LogP) is 1.92. The quantitative estimate of drug-likeness (QED) is 0.748. The van der Waals surface area contributed by atoms with Crippen LogP contribution in [0.15, 0.2) is 6.08 Å². The highest BCUT2D eigenvalue weighted by molar-refractivity contribution is 5.92. The van der Waals surface area contributed by atoms with E-state index in [9.17, 15) is 4.79 Å². The molecule has 0 aliphatic rings. The van der Waals surface area contributed by atoms with Crippen LogP contribution in [0, 0.1) is 13.8 Å². The summed E-state index contributed by atoms with van der Waals surface area (Å²) in [6, 6.07) is 0. The van der Waals surface area contributed by atoms with E-state index in [0.29, 0.717) is 0 Å². The predicted molar refractivity (Wildman–Crippen MR) is 69.6 cm³/mol. The van der Waals surface area contributed by atoms with Crippen LogP contribution < -0.4 is 0 Å². The van der Waals surface area contributed by atoms with Gasteiger partial charge in [-0.25, -0.2) is 0 Å². The zero-order valence-electron chi connectivity index (χ0n) is 11.3. The normalized spacial score (nSPS) is 11.1. The Hall–Kier alpha value is -1.58. The lowest BCUT2D eigenvalue weighted by Gasteiger charge is -2.15. The molecule has 0 bridgehead atoms. The van der Waals surface area contributed by atoms with Crippen molar-refractivity contribution >= 4 is 12.0 Å². The Morgan fingerprint density at radius 2 is 1.94 bits per heavy atom. The molecule has 0 spiro atoms. The molecule has 0 fully saturated rings. The average Bonchev–Trinajstić information content (AvgIpc) is 2.53. The number of hydrogen-bond acceptors (Lipinski definition) is 2. The van der Waals surface area contributed by atoms with E-state index in [1.807, 2.05) is 45.5 Å². The second kappa shape index (κ2) is 5.66. The van der Waals surface area contributed by atoms with Gasteiger partial charge in [-0.1, -0.05) is 0 Å². The van der Waals surface area contributed by atoms with E-state index in [4.69, 9.17) is 0 Å². The van der Waals surface area contributed by atoms with Gasteiger partial charge in [0.05, 0.1) is 5.69 Å². The average molecular weight is 235 g/mol. The van der Waals surface area contributed by atoms with Crippen molar-refractivity contribution in [2.45, 2.75) is 27.7 Å². The number of aromatic nitrogens is 2. The molecule has 4 heteroatoms. The molecule has 1 heterocycles. The number of carbonyl (C=O) groups excluding carboxylic acids is 1. The molecular formula is C13H21N3O. The summed E-state index contributed by atoms with van der Waals surface area (Å²) in [7, 11) is 1.91. The molecule has 1 amide bonds. The number of amides is 1. The molecule has 94 valence electrons. The van der Waals surface area contributed by atoms with Crippen molar-refractivity contribution in [1.29, 1.82) is 0 Å². The summed E-state index contributed by atoms with van der Waals surface area (Å²) in [6.07, 6.45) is 3.49. The Labute approximate surface area is 103 Å². The second-order valence-electron chi connectivity index (χ2n) is 4.05. The van der Waals surface area contributed by atoms with Crippen LogP contribution in [-0.4, -0.2) is 33.7 Å². The van der Waals surface area contributed by atoms with Gasteiger partial charge < -0.3 is 4.90 Å². The first kappa shape index (κ1) is 13.5. The van der Waals surface area contributed by atoms with Gasteiger partial charge in [-0.15, -0.1) is 0 Å². The molecule has 0 radical (unpaired) electrons. The van der Waals surface area contributed by atoms with E-state index < -0.39 is 0 Å². The van der Waals surface area contributed by atoms with E-state index >= 15 is 0 Å². The number of aryl methyl sites for hydroxylation is 2. The molecule has 0 saturated heterocycles. The van der Waals surface area contributed by atoms with E-state index in [1.54, 1.807) is 11.0 Å². The van der Waals surface area contributed by atoms with Crippen molar-refractivity contribution in [3.8, 4) is 0 Å². The Morgan fingerprint density at radius 3 is 2.35 bits per heavy atom. The van der Waals surface area contributed by atoms with Crippen molar-refractivity contribution in [2.75, 3.05) is 13.1 Å². The van der Waals surface area contributed by atoms with Crippen molar-refractivity contribution in [2.24, 2.45) is 7.05 Å². The third kappa shape index (κ3) is 2.96. The molecule has 0 unspecified atom stereocenters. The Bertz CT molecular complexity index is 428. The molecule has 1 aromatic heterocycles. The minimum Gasteiger partial charge on any atom is -0.340 e. The Balaban J connectivity index is 2.87. The van der Waals surface area contributed by atoms with Crippen LogP contribution in [0.5, 0.6) is 0 Å². The number of carbonyl (C=O) groups is 1. The summed E-state index contributed by atoms with van der Waals surface area (Å²) in [5, 5.41) is 4.31. The largest absolute Gasteiger partial charge is 0.340 e. The first-order chi connectivity index (χ1) is 8.01. The topological polar surface area (TPSA) is 38.1 Å². The maximum absolute atomic E-state index is 11.8. The van der Waals surface area contributed by atoms with Gasteiger partial charge in [0.15, 0.2) is 0 Å². The van der Waals surface area contributed by atoms with Crippen LogP contribution >= 0.6 is 0 Å². The lowest BCUT2D eigenvalue weighted by atomic mass is 10.2. The third-order valence-electron chi connectivity index (χ3n) is 3.03. The minimum atomic E-state index is 0.0534. The Morgan fingerprint density at radius 1 is 1.35 bits per heavy atom. The van der Waals surface area contributed by atoms with Gasteiger partial charge in [-0.2, -0.15) is 5.10 Å². The van der Waals surface area contributed by atoms with Crippen LogP contribution in [0.25, 0.3) is 6.08 Å². The van der Waals surface area contributed by atoms with E-state index in [2.05, 4.69) is 5.10 Å². The van der Waals surface area contributed by atoms with Crippen molar-refractivity contribution in [3.63, 3.8) is 0 Å². The van der Waals surface area contributed by atoms with E-state index in [1.165, 1.54) is 0 Å². The molecule has 17 heavy (non-hydrogen) atoms. The highest BCUT2D eigenvalue weighted by Gasteiger charge is 2.08. The highest BCUT2D eigenvalue weighted by Crippen LogP contribution is 2.13. The zero-order valence-corrected chi connectivity index (χ0v) is 11.3. The second-order valence-corrected chi connectivity index (χ2v) is 4.05. The maximum atomic E-state index is 11.8. The summed E-state index contributed by atoms with van der Waals surface area (Å²) >= 11 is 0. The summed E-state index contributed by atoms with van der Waals surface area (Å²) in [5.74, 6) is 0.0534. The lowest BCUT2D eigenvalue weighted by molar-refractivity contribution is -0.125. The fourth-order valence-corrected chi connectivity index (χ4v) is 1.83. The molecule has 0 aromatic carbocycles. The lowest BCUT2D eigenvalue weighted by Crippen LogP contribution is -2.28. The molecule has 0 aliphatic carbocycles. The van der Waals surface area contributed by atoms with Crippen LogP contribution in [0.3, 0.4) is 0 Å². The monoisotopic (exact) mass is 235 g/mol. The third-order valence-corrected chi connectivity index (χ3v) is 3.03. The van der Waals surface area contributed by atoms with Crippen molar-refractivity contribution in [1.82, 2.24) is 14.7 Å². The summed E-state index contributed by atoms with van der Waals surface area (Å²) < 4.78 is 1.83. The zero-order chi connectivity index (χ0) is 13.0. The molecule has 0 saturated carbocycles. The van der Waals surface area contributed by atoms with E-state index in [0.717, 1.165) is 30.0 Å². The van der Waals surface area contributed by atoms with Gasteiger partial charge in [-0.3, -0.25) is 9.48 Å². The van der Waals surface area contributed by atoms with Gasteiger partial charge in [0.2, 0.25) is 5.91 Å². The fraction of sp³-hybridized carbons (Fsp3) is 0.538. The summed E-state index contributed by atoms with van der Waals surface area (Å²) in [5.41, 5.74) is 3.06. The van der Waals surface area contributed by atoms with Crippen LogP contribution in [0.1, 0.15) is 30.8 Å². The number of rotatable bonds is 4. The van der Waals surface area contributed by atoms with E-state index in [-0.39, 0.29) is 5.91 Å². The highest BCUT2D eigenvalue weighted by atomic mass is 16.2. The number of nitrogens with zero attached hydrogens (tertiary/aromatic N) is 3. The summed E-state index contributed by atoms with van der Waals surface area (Å²) in [4.78, 5) is 13.6. The molecular weight excluding hydrogens is 214 g/mol. The molecule has 4 nitrogen and oxygen atoms in total. The maximum Gasteiger partial charge on any atom is 0.246 e. The van der Waals surface area contributed by atoms with Gasteiger partial charge in [0.25, 0.3) is 0 Å². The smallest absolute Gasteiger partial charge is 0.246 e. The molecule has 0 atom stereocenters. The van der Waals surface area contributed by atoms with Crippen molar-refractivity contribution < 1.29 is 4.79 Å². The fourth-order valence-electron chi connectivity index (χ4n) is 1.83. The molecule has 0 N–H and O–H groups in total. The first-order valence-corrected chi connectivity index (χ1v) is 5.98.